The molecule has 2 unspecified atom stereocenters. The summed E-state index contributed by atoms with van der Waals surface area (Å²) in [5.41, 5.74) is 0.751. The van der Waals surface area contributed by atoms with Crippen LogP contribution in [0, 0.1) is 12.8 Å². The monoisotopic (exact) mass is 221 g/mol. The SMILES string of the molecule is Cc1cc(C(=O)N2CC3CCNC3C2)on1. The average molecular weight is 221 g/mol. The summed E-state index contributed by atoms with van der Waals surface area (Å²) in [5, 5.41) is 7.16. The molecule has 1 amide bonds. The largest absolute Gasteiger partial charge is 0.351 e. The van der Waals surface area contributed by atoms with E-state index in [4.69, 9.17) is 4.52 Å². The van der Waals surface area contributed by atoms with Gasteiger partial charge in [0, 0.05) is 25.2 Å². The zero-order valence-electron chi connectivity index (χ0n) is 9.27. The minimum atomic E-state index is -0.0307. The maximum atomic E-state index is 12.1. The highest BCUT2D eigenvalue weighted by molar-refractivity contribution is 5.91. The highest BCUT2D eigenvalue weighted by Gasteiger charge is 2.38. The van der Waals surface area contributed by atoms with Gasteiger partial charge in [0.15, 0.2) is 0 Å². The van der Waals surface area contributed by atoms with Crippen LogP contribution >= 0.6 is 0 Å². The summed E-state index contributed by atoms with van der Waals surface area (Å²) in [6.45, 7) is 4.54. The van der Waals surface area contributed by atoms with E-state index in [1.165, 1.54) is 6.42 Å². The topological polar surface area (TPSA) is 58.4 Å². The van der Waals surface area contributed by atoms with E-state index in [2.05, 4.69) is 10.5 Å². The van der Waals surface area contributed by atoms with Gasteiger partial charge in [0.1, 0.15) is 0 Å². The second-order valence-corrected chi connectivity index (χ2v) is 4.65. The average Bonchev–Trinajstić information content (AvgIpc) is 2.89. The highest BCUT2D eigenvalue weighted by Crippen LogP contribution is 2.25. The molecule has 3 rings (SSSR count). The Labute approximate surface area is 93.8 Å². The molecule has 0 bridgehead atoms. The summed E-state index contributed by atoms with van der Waals surface area (Å²) >= 11 is 0. The van der Waals surface area contributed by atoms with Crippen LogP contribution in [0.1, 0.15) is 22.7 Å². The van der Waals surface area contributed by atoms with Gasteiger partial charge in [0.2, 0.25) is 5.76 Å². The van der Waals surface area contributed by atoms with Crippen molar-refractivity contribution < 1.29 is 9.32 Å². The number of amides is 1. The standard InChI is InChI=1S/C11H15N3O2/c1-7-4-10(16-13-7)11(15)14-5-8-2-3-12-9(8)6-14/h4,8-9,12H,2-3,5-6H2,1H3. The van der Waals surface area contributed by atoms with Crippen LogP contribution in [0.2, 0.25) is 0 Å². The maximum Gasteiger partial charge on any atom is 0.292 e. The number of hydrogen-bond acceptors (Lipinski definition) is 4. The van der Waals surface area contributed by atoms with E-state index < -0.39 is 0 Å². The molecule has 1 aromatic rings. The van der Waals surface area contributed by atoms with E-state index in [0.717, 1.165) is 25.3 Å². The van der Waals surface area contributed by atoms with Crippen molar-refractivity contribution in [3.8, 4) is 0 Å². The van der Waals surface area contributed by atoms with Crippen LogP contribution in [-0.4, -0.2) is 41.6 Å². The second-order valence-electron chi connectivity index (χ2n) is 4.65. The first-order chi connectivity index (χ1) is 7.74. The molecular weight excluding hydrogens is 206 g/mol. The molecule has 86 valence electrons. The zero-order valence-corrected chi connectivity index (χ0v) is 9.27. The number of nitrogens with zero attached hydrogens (tertiary/aromatic N) is 2. The highest BCUT2D eigenvalue weighted by atomic mass is 16.5. The minimum absolute atomic E-state index is 0.0307. The minimum Gasteiger partial charge on any atom is -0.351 e. The smallest absolute Gasteiger partial charge is 0.292 e. The van der Waals surface area contributed by atoms with E-state index in [-0.39, 0.29) is 5.91 Å². The lowest BCUT2D eigenvalue weighted by molar-refractivity contribution is 0.0741. The second kappa shape index (κ2) is 3.59. The van der Waals surface area contributed by atoms with Crippen molar-refractivity contribution >= 4 is 5.91 Å². The molecule has 5 nitrogen and oxygen atoms in total. The molecule has 0 radical (unpaired) electrons. The Hall–Kier alpha value is -1.36. The number of likely N-dealkylation sites (tertiary alicyclic amines) is 1. The quantitative estimate of drug-likeness (QED) is 0.746. The molecule has 5 heteroatoms. The van der Waals surface area contributed by atoms with Gasteiger partial charge in [0.25, 0.3) is 5.91 Å². The number of nitrogens with one attached hydrogen (secondary N) is 1. The third-order valence-corrected chi connectivity index (χ3v) is 3.49. The fourth-order valence-corrected chi connectivity index (χ4v) is 2.64. The van der Waals surface area contributed by atoms with E-state index in [0.29, 0.717) is 17.7 Å². The lowest BCUT2D eigenvalue weighted by atomic mass is 10.1. The van der Waals surface area contributed by atoms with Gasteiger partial charge in [-0.2, -0.15) is 0 Å². The Balaban J connectivity index is 1.73. The zero-order chi connectivity index (χ0) is 11.1. The van der Waals surface area contributed by atoms with Crippen molar-refractivity contribution in [2.24, 2.45) is 5.92 Å². The molecule has 0 aromatic carbocycles. The van der Waals surface area contributed by atoms with Crippen molar-refractivity contribution in [3.05, 3.63) is 17.5 Å². The summed E-state index contributed by atoms with van der Waals surface area (Å²) < 4.78 is 5.00. The van der Waals surface area contributed by atoms with Gasteiger partial charge in [-0.1, -0.05) is 5.16 Å². The number of hydrogen-bond donors (Lipinski definition) is 1. The lowest BCUT2D eigenvalue weighted by Crippen LogP contribution is -2.33. The van der Waals surface area contributed by atoms with Crippen LogP contribution < -0.4 is 5.32 Å². The third kappa shape index (κ3) is 1.51. The number of carbonyl (C=O) groups is 1. The van der Waals surface area contributed by atoms with Gasteiger partial charge in [0.05, 0.1) is 5.69 Å². The molecule has 2 aliphatic rings. The van der Waals surface area contributed by atoms with Gasteiger partial charge < -0.3 is 14.7 Å². The molecule has 3 heterocycles. The summed E-state index contributed by atoms with van der Waals surface area (Å²) in [7, 11) is 0. The fraction of sp³-hybridized carbons (Fsp3) is 0.636. The first-order valence-electron chi connectivity index (χ1n) is 5.70. The number of aromatic nitrogens is 1. The summed E-state index contributed by atoms with van der Waals surface area (Å²) in [5.74, 6) is 0.947. The lowest BCUT2D eigenvalue weighted by Gasteiger charge is -2.14. The number of fused-ring (bicyclic) bond motifs is 1. The van der Waals surface area contributed by atoms with Crippen LogP contribution in [0.4, 0.5) is 0 Å². The molecule has 2 aliphatic heterocycles. The molecule has 0 saturated carbocycles. The van der Waals surface area contributed by atoms with E-state index in [1.54, 1.807) is 6.07 Å². The van der Waals surface area contributed by atoms with Crippen LogP contribution in [-0.2, 0) is 0 Å². The number of rotatable bonds is 1. The molecule has 1 N–H and O–H groups in total. The summed E-state index contributed by atoms with van der Waals surface area (Å²) in [6.07, 6.45) is 1.17. The first kappa shape index (κ1) is 9.84. The number of carbonyl (C=O) groups excluding carboxylic acids is 1. The normalized spacial score (nSPS) is 28.4. The molecule has 2 saturated heterocycles. The van der Waals surface area contributed by atoms with Crippen LogP contribution in [0.3, 0.4) is 0 Å². The predicted molar refractivity (Wildman–Crippen MR) is 57.0 cm³/mol. The predicted octanol–water partition coefficient (Wildman–Crippen LogP) is 0.417. The van der Waals surface area contributed by atoms with Crippen molar-refractivity contribution in [2.45, 2.75) is 19.4 Å². The molecule has 2 atom stereocenters. The molecular formula is C11H15N3O2. The maximum absolute atomic E-state index is 12.1. The van der Waals surface area contributed by atoms with Gasteiger partial charge in [-0.3, -0.25) is 4.79 Å². The fourth-order valence-electron chi connectivity index (χ4n) is 2.64. The Bertz CT molecular complexity index is 403. The van der Waals surface area contributed by atoms with Gasteiger partial charge in [-0.15, -0.1) is 0 Å². The van der Waals surface area contributed by atoms with Gasteiger partial charge >= 0.3 is 0 Å². The Morgan fingerprint density at radius 3 is 3.19 bits per heavy atom. The Morgan fingerprint density at radius 2 is 2.50 bits per heavy atom. The van der Waals surface area contributed by atoms with Crippen molar-refractivity contribution in [2.75, 3.05) is 19.6 Å². The Kier molecular flexibility index (Phi) is 2.21. The van der Waals surface area contributed by atoms with E-state index >= 15 is 0 Å². The summed E-state index contributed by atoms with van der Waals surface area (Å²) in [4.78, 5) is 13.9. The summed E-state index contributed by atoms with van der Waals surface area (Å²) in [6, 6.07) is 2.18. The molecule has 1 aromatic heterocycles. The Morgan fingerprint density at radius 1 is 1.62 bits per heavy atom. The van der Waals surface area contributed by atoms with Crippen molar-refractivity contribution in [1.29, 1.82) is 0 Å². The van der Waals surface area contributed by atoms with Gasteiger partial charge in [-0.05, 0) is 25.8 Å². The number of aryl methyl sites for hydroxylation is 1. The van der Waals surface area contributed by atoms with E-state index in [9.17, 15) is 4.79 Å². The third-order valence-electron chi connectivity index (χ3n) is 3.49. The van der Waals surface area contributed by atoms with Gasteiger partial charge in [-0.25, -0.2) is 0 Å². The van der Waals surface area contributed by atoms with Crippen molar-refractivity contribution in [3.63, 3.8) is 0 Å². The van der Waals surface area contributed by atoms with Crippen molar-refractivity contribution in [1.82, 2.24) is 15.4 Å². The molecule has 0 aliphatic carbocycles. The van der Waals surface area contributed by atoms with Crippen LogP contribution in [0.15, 0.2) is 10.6 Å². The molecule has 0 spiro atoms. The van der Waals surface area contributed by atoms with Crippen LogP contribution in [0.5, 0.6) is 0 Å². The molecule has 16 heavy (non-hydrogen) atoms. The molecule has 2 fully saturated rings. The van der Waals surface area contributed by atoms with E-state index in [1.807, 2.05) is 11.8 Å². The first-order valence-corrected chi connectivity index (χ1v) is 5.70. The van der Waals surface area contributed by atoms with Crippen LogP contribution in [0.25, 0.3) is 0 Å².